The minimum Gasteiger partial charge on any atom is -0.457 e. The number of aliphatic hydroxyl groups is 1. The molecule has 7 nitrogen and oxygen atoms in total. The molecule has 0 aromatic rings. The molecular weight excluding hydrogens is 539 g/mol. The molecule has 0 aromatic carbocycles. The highest BCUT2D eigenvalue weighted by molar-refractivity contribution is 6.26. The van der Waals surface area contributed by atoms with E-state index < -0.39 is 69.3 Å². The molecule has 3 saturated carbocycles. The zero-order valence-electron chi connectivity index (χ0n) is 24.2. The van der Waals surface area contributed by atoms with E-state index in [-0.39, 0.29) is 37.5 Å². The highest BCUT2D eigenvalue weighted by Gasteiger charge is 2.76. The number of hydrogen-bond acceptors (Lipinski definition) is 7. The van der Waals surface area contributed by atoms with Gasteiger partial charge in [0.05, 0.1) is 11.0 Å². The number of halogens is 2. The average molecular weight is 581 g/mol. The number of aliphatic hydroxyl groups excluding tert-OH is 1. The van der Waals surface area contributed by atoms with Gasteiger partial charge in [0.1, 0.15) is 0 Å². The van der Waals surface area contributed by atoms with Crippen molar-refractivity contribution in [2.75, 3.05) is 6.61 Å². The third-order valence-corrected chi connectivity index (χ3v) is 11.5. The quantitative estimate of drug-likeness (QED) is 0.216. The number of Topliss-reactive ketones (excluding diaryl/α,β-unsaturated/α-hetero) is 1. The number of alkyl halides is 1. The molecule has 0 radical (unpaired) electrons. The molecule has 4 rings (SSSR count). The Bertz CT molecular complexity index is 1150. The number of ketones is 2. The first kappa shape index (κ1) is 30.9. The molecule has 0 bridgehead atoms. The van der Waals surface area contributed by atoms with Gasteiger partial charge in [-0.3, -0.25) is 19.2 Å². The van der Waals surface area contributed by atoms with Crippen LogP contribution in [0.15, 0.2) is 23.6 Å². The first-order chi connectivity index (χ1) is 18.7. The second-order valence-electron chi connectivity index (χ2n) is 12.6. The Balaban J connectivity index is 1.78. The molecule has 0 saturated heterocycles. The molecule has 1 N–H and O–H groups in total. The molecule has 0 unspecified atom stereocenters. The van der Waals surface area contributed by atoms with Crippen LogP contribution in [0.4, 0.5) is 4.39 Å². The summed E-state index contributed by atoms with van der Waals surface area (Å²) < 4.78 is 26.6. The standard InChI is InChI=1S/C31H42ClFO7/c1-6-8-9-10-26(38)40-31(24(36)17-39-25(37)7-2)18(3)15-21-19-11-12-20-27(33)22(34)13-14-28(20,4)30(19,32)23(35)16-29(21,31)5/h13-14,18-19,21,23,35H,6-12,15-17H2,1-5H3/t18-,19-,21-,23-,28-,29-,30-,31+/m0/s1. The Morgan fingerprint density at radius 2 is 1.85 bits per heavy atom. The minimum absolute atomic E-state index is 0.0178. The van der Waals surface area contributed by atoms with Crippen molar-refractivity contribution in [2.24, 2.45) is 28.6 Å². The van der Waals surface area contributed by atoms with Crippen molar-refractivity contribution in [3.63, 3.8) is 0 Å². The number of carbonyl (C=O) groups excluding carboxylic acids is 4. The summed E-state index contributed by atoms with van der Waals surface area (Å²) in [7, 11) is 0. The van der Waals surface area contributed by atoms with Crippen LogP contribution in [0.1, 0.15) is 92.4 Å². The molecule has 4 aliphatic rings. The Kier molecular flexibility index (Phi) is 8.47. The Morgan fingerprint density at radius 3 is 2.50 bits per heavy atom. The van der Waals surface area contributed by atoms with Gasteiger partial charge in [-0.05, 0) is 55.6 Å². The van der Waals surface area contributed by atoms with E-state index in [0.717, 1.165) is 12.8 Å². The highest BCUT2D eigenvalue weighted by Crippen LogP contribution is 2.72. The summed E-state index contributed by atoms with van der Waals surface area (Å²) in [4.78, 5) is 50.1. The van der Waals surface area contributed by atoms with E-state index in [2.05, 4.69) is 0 Å². The third-order valence-electron chi connectivity index (χ3n) is 10.6. The fourth-order valence-electron chi connectivity index (χ4n) is 8.58. The Hall–Kier alpha value is -2.06. The van der Waals surface area contributed by atoms with E-state index in [1.54, 1.807) is 19.9 Å². The van der Waals surface area contributed by atoms with E-state index in [9.17, 15) is 24.3 Å². The number of fused-ring (bicyclic) bond motifs is 5. The van der Waals surface area contributed by atoms with Gasteiger partial charge in [0.2, 0.25) is 11.6 Å². The van der Waals surface area contributed by atoms with E-state index in [0.29, 0.717) is 24.8 Å². The highest BCUT2D eigenvalue weighted by atomic mass is 35.5. The van der Waals surface area contributed by atoms with E-state index in [4.69, 9.17) is 21.1 Å². The predicted molar refractivity (Wildman–Crippen MR) is 147 cm³/mol. The first-order valence-electron chi connectivity index (χ1n) is 14.6. The number of unbranched alkanes of at least 4 members (excludes halogenated alkanes) is 2. The Morgan fingerprint density at radius 1 is 1.15 bits per heavy atom. The van der Waals surface area contributed by atoms with Crippen LogP contribution in [0, 0.1) is 28.6 Å². The molecule has 0 amide bonds. The van der Waals surface area contributed by atoms with Crippen LogP contribution >= 0.6 is 11.6 Å². The van der Waals surface area contributed by atoms with Crippen LogP contribution in [0.3, 0.4) is 0 Å². The first-order valence-corrected chi connectivity index (χ1v) is 15.0. The van der Waals surface area contributed by atoms with Crippen LogP contribution in [-0.4, -0.2) is 51.8 Å². The second kappa shape index (κ2) is 11.0. The number of carbonyl (C=O) groups is 4. The molecule has 0 aromatic heterocycles. The van der Waals surface area contributed by atoms with E-state index in [1.807, 2.05) is 20.8 Å². The van der Waals surface area contributed by atoms with Crippen LogP contribution in [0.2, 0.25) is 0 Å². The molecule has 0 spiro atoms. The van der Waals surface area contributed by atoms with Crippen LogP contribution in [-0.2, 0) is 28.7 Å². The largest absolute Gasteiger partial charge is 0.457 e. The van der Waals surface area contributed by atoms with Crippen LogP contribution < -0.4 is 0 Å². The molecular formula is C31H42ClFO7. The number of allylic oxidation sites excluding steroid dienone is 4. The van der Waals surface area contributed by atoms with Crippen molar-refractivity contribution >= 4 is 35.1 Å². The minimum atomic E-state index is -1.63. The van der Waals surface area contributed by atoms with Crippen molar-refractivity contribution in [3.05, 3.63) is 23.6 Å². The number of esters is 2. The summed E-state index contributed by atoms with van der Waals surface area (Å²) in [5, 5.41) is 11.9. The molecule has 0 aliphatic heterocycles. The van der Waals surface area contributed by atoms with Gasteiger partial charge < -0.3 is 14.6 Å². The lowest BCUT2D eigenvalue weighted by molar-refractivity contribution is -0.204. The normalized spacial score (nSPS) is 40.2. The van der Waals surface area contributed by atoms with Crippen molar-refractivity contribution in [1.29, 1.82) is 0 Å². The maximum atomic E-state index is 15.1. The van der Waals surface area contributed by atoms with Gasteiger partial charge in [0.25, 0.3) is 0 Å². The molecule has 8 atom stereocenters. The Labute approximate surface area is 240 Å². The summed E-state index contributed by atoms with van der Waals surface area (Å²) >= 11 is 7.44. The van der Waals surface area contributed by atoms with Gasteiger partial charge >= 0.3 is 11.9 Å². The van der Waals surface area contributed by atoms with Crippen molar-refractivity contribution in [1.82, 2.24) is 0 Å². The van der Waals surface area contributed by atoms with Crippen LogP contribution in [0.25, 0.3) is 0 Å². The van der Waals surface area contributed by atoms with E-state index >= 15 is 4.39 Å². The maximum Gasteiger partial charge on any atom is 0.306 e. The summed E-state index contributed by atoms with van der Waals surface area (Å²) in [6.45, 7) is 8.62. The zero-order valence-corrected chi connectivity index (χ0v) is 24.9. The number of rotatable bonds is 9. The van der Waals surface area contributed by atoms with E-state index in [1.165, 1.54) is 6.08 Å². The van der Waals surface area contributed by atoms with Gasteiger partial charge in [-0.2, -0.15) is 0 Å². The fourth-order valence-corrected chi connectivity index (χ4v) is 9.10. The smallest absolute Gasteiger partial charge is 0.306 e. The van der Waals surface area contributed by atoms with Gasteiger partial charge in [-0.25, -0.2) is 4.39 Å². The van der Waals surface area contributed by atoms with Gasteiger partial charge in [-0.15, -0.1) is 11.6 Å². The van der Waals surface area contributed by atoms with Crippen molar-refractivity contribution in [3.8, 4) is 0 Å². The molecule has 3 fully saturated rings. The SMILES string of the molecule is CCCCCC(=O)O[C@@]1(C(=O)COC(=O)CC)[C@@H](C)C[C@H]2[C@@H]3CCC4=C(F)C(=O)C=C[C@]4(C)[C@@]3(Cl)[C@@H](O)C[C@@]21C. The number of ether oxygens (including phenoxy) is 2. The maximum absolute atomic E-state index is 15.1. The van der Waals surface area contributed by atoms with Crippen molar-refractivity contribution < 1.29 is 38.1 Å². The zero-order chi connectivity index (χ0) is 29.7. The summed E-state index contributed by atoms with van der Waals surface area (Å²) in [5.74, 6) is -4.10. The molecule has 222 valence electrons. The summed E-state index contributed by atoms with van der Waals surface area (Å²) in [6.07, 6.45) is 5.44. The van der Waals surface area contributed by atoms with Gasteiger partial charge in [-0.1, -0.05) is 53.5 Å². The molecule has 9 heteroatoms. The molecule has 0 heterocycles. The molecule has 4 aliphatic carbocycles. The molecule has 40 heavy (non-hydrogen) atoms. The number of hydrogen-bond donors (Lipinski definition) is 1. The fraction of sp³-hybridized carbons (Fsp3) is 0.742. The summed E-state index contributed by atoms with van der Waals surface area (Å²) in [6, 6.07) is 0. The average Bonchev–Trinajstić information content (AvgIpc) is 3.12. The summed E-state index contributed by atoms with van der Waals surface area (Å²) in [5.41, 5.74) is -3.46. The van der Waals surface area contributed by atoms with Crippen molar-refractivity contribution in [2.45, 2.75) is 109 Å². The lowest BCUT2D eigenvalue weighted by Crippen LogP contribution is -2.69. The third kappa shape index (κ3) is 4.31. The lowest BCUT2D eigenvalue weighted by Gasteiger charge is -2.64. The monoisotopic (exact) mass is 580 g/mol. The van der Waals surface area contributed by atoms with Gasteiger partial charge in [0, 0.05) is 29.6 Å². The lowest BCUT2D eigenvalue weighted by atomic mass is 9.45. The predicted octanol–water partition coefficient (Wildman–Crippen LogP) is 5.55. The van der Waals surface area contributed by atoms with Crippen LogP contribution in [0.5, 0.6) is 0 Å². The second-order valence-corrected chi connectivity index (χ2v) is 13.2. The topological polar surface area (TPSA) is 107 Å². The van der Waals surface area contributed by atoms with Gasteiger partial charge in [0.15, 0.2) is 18.0 Å².